The predicted molar refractivity (Wildman–Crippen MR) is 121 cm³/mol. The molecule has 7 heteroatoms. The number of H-pyrrole nitrogens is 1. The largest absolute Gasteiger partial charge is 0.492 e. The number of nitrogens with zero attached hydrogens (tertiary/aromatic N) is 1. The molecule has 0 aliphatic rings. The number of aliphatic hydroxyl groups is 1. The number of ether oxygens (including phenoxy) is 1. The van der Waals surface area contributed by atoms with Crippen LogP contribution in [0.15, 0.2) is 69.9 Å². The van der Waals surface area contributed by atoms with Crippen molar-refractivity contribution in [3.8, 4) is 5.75 Å². The maximum Gasteiger partial charge on any atom is 0.419 e. The van der Waals surface area contributed by atoms with Crippen molar-refractivity contribution in [1.82, 2.24) is 14.9 Å². The van der Waals surface area contributed by atoms with Crippen molar-refractivity contribution < 1.29 is 14.3 Å². The Bertz CT molecular complexity index is 1430. The third-order valence-electron chi connectivity index (χ3n) is 5.56. The highest BCUT2D eigenvalue weighted by Crippen LogP contribution is 2.28. The molecule has 3 aromatic carbocycles. The molecule has 0 radical (unpaired) electrons. The Kier molecular flexibility index (Phi) is 4.97. The van der Waals surface area contributed by atoms with Crippen LogP contribution in [-0.2, 0) is 7.05 Å². The molecular formula is C24H23N3O4. The summed E-state index contributed by atoms with van der Waals surface area (Å²) in [5.74, 6) is 0.385. The van der Waals surface area contributed by atoms with Gasteiger partial charge in [-0.25, -0.2) is 4.79 Å². The van der Waals surface area contributed by atoms with Gasteiger partial charge in [-0.3, -0.25) is 4.57 Å². The van der Waals surface area contributed by atoms with Gasteiger partial charge in [0.05, 0.1) is 17.1 Å². The smallest absolute Gasteiger partial charge is 0.419 e. The lowest BCUT2D eigenvalue weighted by Gasteiger charge is -2.13. The Labute approximate surface area is 177 Å². The van der Waals surface area contributed by atoms with Crippen LogP contribution in [0.1, 0.15) is 11.7 Å². The summed E-state index contributed by atoms with van der Waals surface area (Å²) >= 11 is 0. The molecule has 3 N–H and O–H groups in total. The van der Waals surface area contributed by atoms with Gasteiger partial charge in [-0.05, 0) is 35.9 Å². The number of hydrogen-bond donors (Lipinski definition) is 3. The van der Waals surface area contributed by atoms with Gasteiger partial charge in [0, 0.05) is 42.5 Å². The summed E-state index contributed by atoms with van der Waals surface area (Å²) in [5.41, 5.74) is 4.06. The molecule has 0 fully saturated rings. The minimum absolute atomic E-state index is 0.377. The van der Waals surface area contributed by atoms with Crippen molar-refractivity contribution >= 4 is 32.9 Å². The van der Waals surface area contributed by atoms with Crippen LogP contribution < -0.4 is 15.8 Å². The fourth-order valence-electron chi connectivity index (χ4n) is 3.87. The number of nitrogens with one attached hydrogen (secondary N) is 2. The van der Waals surface area contributed by atoms with Gasteiger partial charge in [0.15, 0.2) is 5.58 Å². The molecule has 0 unspecified atom stereocenters. The van der Waals surface area contributed by atoms with Crippen molar-refractivity contribution in [3.05, 3.63) is 76.8 Å². The van der Waals surface area contributed by atoms with E-state index in [-0.39, 0.29) is 0 Å². The predicted octanol–water partition coefficient (Wildman–Crippen LogP) is 3.47. The van der Waals surface area contributed by atoms with Crippen molar-refractivity contribution in [1.29, 1.82) is 0 Å². The van der Waals surface area contributed by atoms with E-state index in [9.17, 15) is 9.90 Å². The molecule has 0 aliphatic carbocycles. The number of rotatable bonds is 7. The molecule has 0 saturated carbocycles. The Morgan fingerprint density at radius 1 is 1.10 bits per heavy atom. The zero-order valence-electron chi connectivity index (χ0n) is 17.1. The van der Waals surface area contributed by atoms with E-state index in [0.29, 0.717) is 30.8 Å². The summed E-state index contributed by atoms with van der Waals surface area (Å²) in [6.45, 7) is 1.45. The van der Waals surface area contributed by atoms with E-state index in [2.05, 4.69) is 28.5 Å². The number of fused-ring (bicyclic) bond motifs is 4. The molecule has 1 atom stereocenters. The van der Waals surface area contributed by atoms with Crippen molar-refractivity contribution in [2.24, 2.45) is 7.05 Å². The van der Waals surface area contributed by atoms with E-state index in [0.717, 1.165) is 22.3 Å². The summed E-state index contributed by atoms with van der Waals surface area (Å²) in [6, 6.07) is 19.5. The highest BCUT2D eigenvalue weighted by atomic mass is 16.5. The fraction of sp³-hybridized carbons (Fsp3) is 0.208. The SMILES string of the molecule is Cn1c(=O)oc2ccc([C@@H](O)CNCCOc3ccc4c(c3)[nH]c3ccccc34)cc21. The quantitative estimate of drug-likeness (QED) is 0.353. The van der Waals surface area contributed by atoms with Gasteiger partial charge in [0.2, 0.25) is 0 Å². The Hall–Kier alpha value is -3.55. The molecule has 0 saturated heterocycles. The van der Waals surface area contributed by atoms with Crippen molar-refractivity contribution in [2.75, 3.05) is 19.7 Å². The second-order valence-electron chi connectivity index (χ2n) is 7.60. The van der Waals surface area contributed by atoms with Gasteiger partial charge >= 0.3 is 5.76 Å². The minimum atomic E-state index is -0.697. The summed E-state index contributed by atoms with van der Waals surface area (Å²) in [5, 5.41) is 16.0. The number of hydrogen-bond acceptors (Lipinski definition) is 5. The molecule has 2 heterocycles. The van der Waals surface area contributed by atoms with Gasteiger partial charge < -0.3 is 24.6 Å². The van der Waals surface area contributed by atoms with Crippen LogP contribution in [0.5, 0.6) is 5.75 Å². The van der Waals surface area contributed by atoms with E-state index in [1.165, 1.54) is 15.3 Å². The van der Waals surface area contributed by atoms with E-state index in [1.54, 1.807) is 25.2 Å². The van der Waals surface area contributed by atoms with E-state index < -0.39 is 11.9 Å². The number of aromatic nitrogens is 2. The van der Waals surface area contributed by atoms with Gasteiger partial charge in [0.1, 0.15) is 12.4 Å². The molecule has 0 amide bonds. The first-order chi connectivity index (χ1) is 15.1. The minimum Gasteiger partial charge on any atom is -0.492 e. The van der Waals surface area contributed by atoms with Crippen LogP contribution in [0, 0.1) is 0 Å². The molecule has 0 aliphatic heterocycles. The van der Waals surface area contributed by atoms with Gasteiger partial charge in [-0.2, -0.15) is 0 Å². The van der Waals surface area contributed by atoms with Crippen LogP contribution in [-0.4, -0.2) is 34.4 Å². The average Bonchev–Trinajstić information content (AvgIpc) is 3.29. The van der Waals surface area contributed by atoms with E-state index in [1.807, 2.05) is 24.3 Å². The Morgan fingerprint density at radius 3 is 2.84 bits per heavy atom. The third-order valence-corrected chi connectivity index (χ3v) is 5.56. The number of para-hydroxylation sites is 1. The molecule has 2 aromatic heterocycles. The zero-order valence-corrected chi connectivity index (χ0v) is 17.1. The summed E-state index contributed by atoms with van der Waals surface area (Å²) in [4.78, 5) is 15.0. The van der Waals surface area contributed by atoms with Gasteiger partial charge in [-0.1, -0.05) is 24.3 Å². The fourth-order valence-corrected chi connectivity index (χ4v) is 3.87. The lowest BCUT2D eigenvalue weighted by Crippen LogP contribution is -2.26. The maximum atomic E-state index is 11.6. The molecule has 158 valence electrons. The van der Waals surface area contributed by atoms with E-state index >= 15 is 0 Å². The first-order valence-electron chi connectivity index (χ1n) is 10.2. The zero-order chi connectivity index (χ0) is 21.4. The molecule has 0 bridgehead atoms. The highest BCUT2D eigenvalue weighted by molar-refractivity contribution is 6.07. The number of aryl methyl sites for hydroxylation is 1. The summed E-state index contributed by atoms with van der Waals surface area (Å²) < 4.78 is 12.4. The number of aromatic amines is 1. The molecule has 5 aromatic rings. The molecule has 7 nitrogen and oxygen atoms in total. The van der Waals surface area contributed by atoms with Crippen LogP contribution in [0.4, 0.5) is 0 Å². The molecule has 31 heavy (non-hydrogen) atoms. The van der Waals surface area contributed by atoms with Gasteiger partial charge in [0.25, 0.3) is 0 Å². The average molecular weight is 417 g/mol. The Balaban J connectivity index is 1.16. The number of aliphatic hydroxyl groups excluding tert-OH is 1. The Morgan fingerprint density at radius 2 is 1.94 bits per heavy atom. The number of benzene rings is 3. The van der Waals surface area contributed by atoms with Crippen molar-refractivity contribution in [3.63, 3.8) is 0 Å². The van der Waals surface area contributed by atoms with Crippen LogP contribution in [0.2, 0.25) is 0 Å². The summed E-state index contributed by atoms with van der Waals surface area (Å²) in [7, 11) is 1.65. The second kappa shape index (κ2) is 7.94. The number of oxazole rings is 1. The lowest BCUT2D eigenvalue weighted by atomic mass is 10.1. The summed E-state index contributed by atoms with van der Waals surface area (Å²) in [6.07, 6.45) is -0.697. The normalized spacial score (nSPS) is 12.7. The standard InChI is InChI=1S/C24H23N3O4/c1-27-21-12-15(6-9-23(21)31-24(27)29)22(28)14-25-10-11-30-16-7-8-18-17-4-2-3-5-19(17)26-20(18)13-16/h2-9,12-13,22,25-26,28H,10-11,14H2,1H3/t22-/m0/s1. The van der Waals surface area contributed by atoms with Crippen LogP contribution in [0.3, 0.4) is 0 Å². The van der Waals surface area contributed by atoms with Crippen LogP contribution in [0.25, 0.3) is 32.9 Å². The van der Waals surface area contributed by atoms with Gasteiger partial charge in [-0.15, -0.1) is 0 Å². The van der Waals surface area contributed by atoms with E-state index in [4.69, 9.17) is 9.15 Å². The topological polar surface area (TPSA) is 92.4 Å². The lowest BCUT2D eigenvalue weighted by molar-refractivity contribution is 0.172. The van der Waals surface area contributed by atoms with Crippen molar-refractivity contribution in [2.45, 2.75) is 6.10 Å². The molecule has 0 spiro atoms. The highest BCUT2D eigenvalue weighted by Gasteiger charge is 2.12. The third kappa shape index (κ3) is 3.69. The first kappa shape index (κ1) is 19.4. The molecular weight excluding hydrogens is 394 g/mol. The first-order valence-corrected chi connectivity index (χ1v) is 10.2. The second-order valence-corrected chi connectivity index (χ2v) is 7.60. The van der Waals surface area contributed by atoms with Crippen LogP contribution >= 0.6 is 0 Å². The monoisotopic (exact) mass is 417 g/mol. The molecule has 5 rings (SSSR count). The maximum absolute atomic E-state index is 11.6.